The number of hydrogen-bond acceptors (Lipinski definition) is 2. The van der Waals surface area contributed by atoms with Crippen LogP contribution in [-0.2, 0) is 0 Å². The van der Waals surface area contributed by atoms with Crippen LogP contribution in [0.5, 0.6) is 0 Å². The van der Waals surface area contributed by atoms with E-state index >= 15 is 0 Å². The summed E-state index contributed by atoms with van der Waals surface area (Å²) in [6.07, 6.45) is 8.33. The van der Waals surface area contributed by atoms with E-state index in [0.29, 0.717) is 11.8 Å². The highest BCUT2D eigenvalue weighted by molar-refractivity contribution is 8.00. The van der Waals surface area contributed by atoms with Crippen molar-refractivity contribution in [1.82, 2.24) is 0 Å². The van der Waals surface area contributed by atoms with Crippen molar-refractivity contribution in [1.29, 1.82) is 0 Å². The predicted octanol–water partition coefficient (Wildman–Crippen LogP) is 4.78. The maximum Gasteiger partial charge on any atom is 0.0377 e. The normalized spacial score (nSPS) is 32.8. The molecular formula is C12H23N3S. The predicted molar refractivity (Wildman–Crippen MR) is 71.7 cm³/mol. The molecule has 2 fully saturated rings. The van der Waals surface area contributed by atoms with Gasteiger partial charge in [0, 0.05) is 22.0 Å². The van der Waals surface area contributed by atoms with Gasteiger partial charge in [-0.05, 0) is 30.7 Å². The zero-order valence-corrected chi connectivity index (χ0v) is 11.2. The van der Waals surface area contributed by atoms with Gasteiger partial charge in [-0.1, -0.05) is 38.2 Å². The molecule has 0 radical (unpaired) electrons. The van der Waals surface area contributed by atoms with Gasteiger partial charge in [0.1, 0.15) is 0 Å². The van der Waals surface area contributed by atoms with Crippen LogP contribution in [0.15, 0.2) is 5.11 Å². The van der Waals surface area contributed by atoms with Crippen LogP contribution in [0.25, 0.3) is 10.4 Å². The van der Waals surface area contributed by atoms with Crippen molar-refractivity contribution >= 4 is 11.8 Å². The molecule has 1 heterocycles. The Morgan fingerprint density at radius 3 is 2.75 bits per heavy atom. The quantitative estimate of drug-likeness (QED) is 0.390. The van der Waals surface area contributed by atoms with E-state index in [2.05, 4.69) is 21.8 Å². The molecule has 0 aromatic carbocycles. The van der Waals surface area contributed by atoms with Crippen LogP contribution < -0.4 is 0 Å². The molecule has 3 nitrogen and oxygen atoms in total. The van der Waals surface area contributed by atoms with Gasteiger partial charge < -0.3 is 0 Å². The van der Waals surface area contributed by atoms with E-state index in [1.165, 1.54) is 38.5 Å². The zero-order chi connectivity index (χ0) is 11.8. The molecule has 2 aliphatic rings. The van der Waals surface area contributed by atoms with Crippen molar-refractivity contribution in [3.63, 3.8) is 0 Å². The van der Waals surface area contributed by atoms with Gasteiger partial charge in [-0.25, -0.2) is 0 Å². The van der Waals surface area contributed by atoms with Crippen molar-refractivity contribution in [3.8, 4) is 0 Å². The molecule has 0 aromatic rings. The molecule has 92 valence electrons. The van der Waals surface area contributed by atoms with E-state index in [0.717, 1.165) is 11.2 Å². The first-order chi connectivity index (χ1) is 7.90. The fourth-order valence-corrected chi connectivity index (χ4v) is 4.46. The van der Waals surface area contributed by atoms with Crippen molar-refractivity contribution in [2.75, 3.05) is 6.54 Å². The Balaban J connectivity index is 0.000000606. The van der Waals surface area contributed by atoms with Gasteiger partial charge >= 0.3 is 0 Å². The minimum atomic E-state index is 0.610. The average Bonchev–Trinajstić information content (AvgIpc) is 2.59. The summed E-state index contributed by atoms with van der Waals surface area (Å²) in [5.41, 5.74) is 8.28. The van der Waals surface area contributed by atoms with E-state index in [1.54, 1.807) is 0 Å². The van der Waals surface area contributed by atoms with Gasteiger partial charge in [0.25, 0.3) is 0 Å². The third kappa shape index (κ3) is 3.91. The summed E-state index contributed by atoms with van der Waals surface area (Å²) < 4.78 is 0. The SMILES string of the molecule is CC.[N-]=[N+]=NCC1C[C@@H]2CCCCC[C@H]2S1. The van der Waals surface area contributed by atoms with Crippen molar-refractivity contribution < 1.29 is 0 Å². The molecule has 1 saturated carbocycles. The van der Waals surface area contributed by atoms with Crippen LogP contribution >= 0.6 is 11.8 Å². The van der Waals surface area contributed by atoms with Gasteiger partial charge in [0.05, 0.1) is 0 Å². The molecule has 1 unspecified atom stereocenters. The van der Waals surface area contributed by atoms with Crippen molar-refractivity contribution in [3.05, 3.63) is 10.4 Å². The summed E-state index contributed by atoms with van der Waals surface area (Å²) in [7, 11) is 0. The minimum Gasteiger partial charge on any atom is -0.155 e. The monoisotopic (exact) mass is 241 g/mol. The second-order valence-corrected chi connectivity index (χ2v) is 5.89. The second-order valence-electron chi connectivity index (χ2n) is 4.34. The van der Waals surface area contributed by atoms with Crippen LogP contribution in [0.3, 0.4) is 0 Å². The van der Waals surface area contributed by atoms with Gasteiger partial charge in [0.15, 0.2) is 0 Å². The molecule has 0 N–H and O–H groups in total. The molecule has 3 atom stereocenters. The Labute approximate surface area is 103 Å². The molecule has 0 bridgehead atoms. The molecule has 2 rings (SSSR count). The van der Waals surface area contributed by atoms with Crippen LogP contribution in [0.4, 0.5) is 0 Å². The topological polar surface area (TPSA) is 48.8 Å². The maximum absolute atomic E-state index is 8.28. The summed E-state index contributed by atoms with van der Waals surface area (Å²) >= 11 is 2.08. The van der Waals surface area contributed by atoms with E-state index < -0.39 is 0 Å². The first kappa shape index (κ1) is 13.7. The van der Waals surface area contributed by atoms with Gasteiger partial charge in [-0.2, -0.15) is 11.8 Å². The number of rotatable bonds is 2. The summed E-state index contributed by atoms with van der Waals surface area (Å²) in [4.78, 5) is 2.85. The van der Waals surface area contributed by atoms with Crippen LogP contribution in [0.2, 0.25) is 0 Å². The number of fused-ring (bicyclic) bond motifs is 1. The molecule has 16 heavy (non-hydrogen) atoms. The third-order valence-corrected chi connectivity index (χ3v) is 5.07. The summed E-state index contributed by atoms with van der Waals surface area (Å²) in [6.45, 7) is 4.70. The summed E-state index contributed by atoms with van der Waals surface area (Å²) in [6, 6.07) is 0. The molecule has 0 amide bonds. The lowest BCUT2D eigenvalue weighted by molar-refractivity contribution is 0.461. The Bertz CT molecular complexity index is 224. The highest BCUT2D eigenvalue weighted by atomic mass is 32.2. The molecule has 1 aliphatic carbocycles. The standard InChI is InChI=1S/C10H17N3S.C2H6/c11-13-12-7-9-6-8-4-2-1-3-5-10(8)14-9;1-2/h8-10H,1-7H2;1-2H3/t8-,9?,10+;/m0./s1. The lowest BCUT2D eigenvalue weighted by atomic mass is 9.95. The van der Waals surface area contributed by atoms with Crippen LogP contribution in [-0.4, -0.2) is 17.0 Å². The number of thioether (sulfide) groups is 1. The number of hydrogen-bond donors (Lipinski definition) is 0. The zero-order valence-electron chi connectivity index (χ0n) is 10.4. The fraction of sp³-hybridized carbons (Fsp3) is 1.00. The first-order valence-corrected chi connectivity index (χ1v) is 7.51. The molecule has 1 saturated heterocycles. The van der Waals surface area contributed by atoms with Crippen LogP contribution in [0.1, 0.15) is 52.4 Å². The average molecular weight is 241 g/mol. The number of nitrogens with zero attached hydrogens (tertiary/aromatic N) is 3. The summed E-state index contributed by atoms with van der Waals surface area (Å²) in [5.74, 6) is 0.918. The fourth-order valence-electron chi connectivity index (χ4n) is 2.68. The lowest BCUT2D eigenvalue weighted by Crippen LogP contribution is -2.08. The van der Waals surface area contributed by atoms with Gasteiger partial charge in [0.2, 0.25) is 0 Å². The highest BCUT2D eigenvalue weighted by Gasteiger charge is 2.34. The van der Waals surface area contributed by atoms with Gasteiger partial charge in [-0.3, -0.25) is 0 Å². The smallest absolute Gasteiger partial charge is 0.0377 e. The van der Waals surface area contributed by atoms with Crippen LogP contribution in [0, 0.1) is 5.92 Å². The molecular weight excluding hydrogens is 218 g/mol. The van der Waals surface area contributed by atoms with E-state index in [9.17, 15) is 0 Å². The second kappa shape index (κ2) is 7.86. The largest absolute Gasteiger partial charge is 0.155 e. The molecule has 4 heteroatoms. The Morgan fingerprint density at radius 1 is 1.25 bits per heavy atom. The maximum atomic E-state index is 8.28. The van der Waals surface area contributed by atoms with E-state index in [1.807, 2.05) is 13.8 Å². The molecule has 0 spiro atoms. The van der Waals surface area contributed by atoms with E-state index in [4.69, 9.17) is 5.53 Å². The van der Waals surface area contributed by atoms with Crippen molar-refractivity contribution in [2.45, 2.75) is 62.9 Å². The minimum absolute atomic E-state index is 0.610. The van der Waals surface area contributed by atoms with Gasteiger partial charge in [-0.15, -0.1) is 0 Å². The Kier molecular flexibility index (Phi) is 6.74. The van der Waals surface area contributed by atoms with Crippen molar-refractivity contribution in [2.24, 2.45) is 11.0 Å². The first-order valence-electron chi connectivity index (χ1n) is 6.56. The van der Waals surface area contributed by atoms with E-state index in [-0.39, 0.29) is 0 Å². The Morgan fingerprint density at radius 2 is 2.00 bits per heavy atom. The summed E-state index contributed by atoms with van der Waals surface area (Å²) in [5, 5.41) is 5.18. The molecule has 0 aromatic heterocycles. The third-order valence-electron chi connectivity index (χ3n) is 3.37. The Hall–Kier alpha value is -0.340. The lowest BCUT2D eigenvalue weighted by Gasteiger charge is -2.13. The highest BCUT2D eigenvalue weighted by Crippen LogP contribution is 2.45. The number of azide groups is 1. The molecule has 1 aliphatic heterocycles.